The van der Waals surface area contributed by atoms with Crippen molar-refractivity contribution >= 4 is 5.97 Å². The van der Waals surface area contributed by atoms with Gasteiger partial charge in [0.2, 0.25) is 0 Å². The van der Waals surface area contributed by atoms with Crippen molar-refractivity contribution in [1.29, 1.82) is 0 Å². The zero-order chi connectivity index (χ0) is 13.1. The molecule has 0 bridgehead atoms. The second-order valence-corrected chi connectivity index (χ2v) is 5.38. The molecule has 98 valence electrons. The van der Waals surface area contributed by atoms with Crippen LogP contribution in [0.25, 0.3) is 0 Å². The Morgan fingerprint density at radius 1 is 1.22 bits per heavy atom. The molecular weight excluding hydrogens is 226 g/mol. The van der Waals surface area contributed by atoms with Crippen LogP contribution in [0.3, 0.4) is 0 Å². The molecule has 1 fully saturated rings. The summed E-state index contributed by atoms with van der Waals surface area (Å²) in [5.41, 5.74) is 1.60. The molecule has 1 aliphatic rings. The van der Waals surface area contributed by atoms with Crippen LogP contribution in [-0.4, -0.2) is 30.1 Å². The molecule has 0 spiro atoms. The van der Waals surface area contributed by atoms with Crippen molar-refractivity contribution in [2.75, 3.05) is 14.1 Å². The summed E-state index contributed by atoms with van der Waals surface area (Å²) in [6.07, 6.45) is 5.21. The Bertz CT molecular complexity index is 405. The lowest BCUT2D eigenvalue weighted by Gasteiger charge is -2.30. The molecule has 0 amide bonds. The predicted molar refractivity (Wildman–Crippen MR) is 71.8 cm³/mol. The van der Waals surface area contributed by atoms with E-state index in [1.165, 1.54) is 31.2 Å². The van der Waals surface area contributed by atoms with E-state index in [1.807, 2.05) is 12.1 Å². The van der Waals surface area contributed by atoms with Gasteiger partial charge < -0.3 is 10.0 Å². The Kier molecular flexibility index (Phi) is 4.02. The lowest BCUT2D eigenvalue weighted by Crippen LogP contribution is -2.26. The zero-order valence-electron chi connectivity index (χ0n) is 11.1. The number of rotatable bonds is 4. The van der Waals surface area contributed by atoms with Gasteiger partial charge in [-0.25, -0.2) is 4.79 Å². The van der Waals surface area contributed by atoms with Gasteiger partial charge in [-0.1, -0.05) is 25.0 Å². The van der Waals surface area contributed by atoms with Gasteiger partial charge in [-0.05, 0) is 50.6 Å². The monoisotopic (exact) mass is 247 g/mol. The fourth-order valence-corrected chi connectivity index (χ4v) is 3.09. The molecule has 3 heteroatoms. The Balaban J connectivity index is 2.22. The molecule has 18 heavy (non-hydrogen) atoms. The molecular formula is C15H21NO2. The standard InChI is InChI=1S/C15H21NO2/c1-16(2)14(11-5-3-4-6-11)12-7-9-13(10-8-12)15(17)18/h7-11,14H,3-6H2,1-2H3,(H,17,18). The van der Waals surface area contributed by atoms with Gasteiger partial charge in [-0.3, -0.25) is 0 Å². The summed E-state index contributed by atoms with van der Waals surface area (Å²) in [6.45, 7) is 0. The Labute approximate surface area is 108 Å². The third-order valence-electron chi connectivity index (χ3n) is 3.90. The molecule has 0 radical (unpaired) electrons. The number of carboxylic acid groups (broad SMARTS) is 1. The largest absolute Gasteiger partial charge is 0.478 e. The first-order chi connectivity index (χ1) is 8.59. The van der Waals surface area contributed by atoms with Crippen LogP contribution < -0.4 is 0 Å². The highest BCUT2D eigenvalue weighted by atomic mass is 16.4. The Hall–Kier alpha value is -1.35. The summed E-state index contributed by atoms with van der Waals surface area (Å²) >= 11 is 0. The quantitative estimate of drug-likeness (QED) is 0.888. The van der Waals surface area contributed by atoms with E-state index in [4.69, 9.17) is 5.11 Å². The van der Waals surface area contributed by atoms with Gasteiger partial charge in [0.15, 0.2) is 0 Å². The molecule has 1 unspecified atom stereocenters. The van der Waals surface area contributed by atoms with E-state index in [0.717, 1.165) is 0 Å². The molecule has 1 aromatic rings. The summed E-state index contributed by atoms with van der Waals surface area (Å²) in [4.78, 5) is 13.1. The summed E-state index contributed by atoms with van der Waals surface area (Å²) < 4.78 is 0. The van der Waals surface area contributed by atoms with Crippen LogP contribution in [0.5, 0.6) is 0 Å². The van der Waals surface area contributed by atoms with Gasteiger partial charge in [0, 0.05) is 6.04 Å². The minimum absolute atomic E-state index is 0.364. The fourth-order valence-electron chi connectivity index (χ4n) is 3.09. The van der Waals surface area contributed by atoms with E-state index in [0.29, 0.717) is 17.5 Å². The highest BCUT2D eigenvalue weighted by molar-refractivity contribution is 5.87. The molecule has 3 nitrogen and oxygen atoms in total. The summed E-state index contributed by atoms with van der Waals surface area (Å²) in [5.74, 6) is -0.153. The minimum Gasteiger partial charge on any atom is -0.478 e. The lowest BCUT2D eigenvalue weighted by atomic mass is 9.90. The summed E-state index contributed by atoms with van der Waals surface area (Å²) in [5, 5.41) is 8.92. The second kappa shape index (κ2) is 5.53. The lowest BCUT2D eigenvalue weighted by molar-refractivity contribution is 0.0697. The summed E-state index contributed by atoms with van der Waals surface area (Å²) in [6, 6.07) is 7.76. The minimum atomic E-state index is -0.858. The van der Waals surface area contributed by atoms with E-state index in [1.54, 1.807) is 12.1 Å². The van der Waals surface area contributed by atoms with Crippen molar-refractivity contribution in [3.05, 3.63) is 35.4 Å². The molecule has 0 saturated heterocycles. The van der Waals surface area contributed by atoms with Crippen LogP contribution in [0, 0.1) is 5.92 Å². The van der Waals surface area contributed by atoms with E-state index >= 15 is 0 Å². The van der Waals surface area contributed by atoms with Crippen molar-refractivity contribution in [3.63, 3.8) is 0 Å². The molecule has 1 saturated carbocycles. The van der Waals surface area contributed by atoms with Gasteiger partial charge in [0.05, 0.1) is 5.56 Å². The van der Waals surface area contributed by atoms with Crippen LogP contribution in [0.15, 0.2) is 24.3 Å². The van der Waals surface area contributed by atoms with Crippen LogP contribution in [-0.2, 0) is 0 Å². The molecule has 1 aromatic carbocycles. The van der Waals surface area contributed by atoms with Crippen molar-refractivity contribution in [2.45, 2.75) is 31.7 Å². The van der Waals surface area contributed by atoms with E-state index < -0.39 is 5.97 Å². The predicted octanol–water partition coefficient (Wildman–Crippen LogP) is 3.18. The second-order valence-electron chi connectivity index (χ2n) is 5.38. The van der Waals surface area contributed by atoms with E-state index in [2.05, 4.69) is 19.0 Å². The normalized spacial score (nSPS) is 18.2. The molecule has 0 heterocycles. The number of carbonyl (C=O) groups is 1. The van der Waals surface area contributed by atoms with Gasteiger partial charge in [0.1, 0.15) is 0 Å². The number of hydrogen-bond donors (Lipinski definition) is 1. The SMILES string of the molecule is CN(C)C(c1ccc(C(=O)O)cc1)C1CCCC1. The topological polar surface area (TPSA) is 40.5 Å². The first-order valence-corrected chi connectivity index (χ1v) is 6.59. The number of nitrogens with zero attached hydrogens (tertiary/aromatic N) is 1. The Morgan fingerprint density at radius 2 is 1.78 bits per heavy atom. The smallest absolute Gasteiger partial charge is 0.335 e. The van der Waals surface area contributed by atoms with Gasteiger partial charge in [-0.15, -0.1) is 0 Å². The number of hydrogen-bond acceptors (Lipinski definition) is 2. The highest BCUT2D eigenvalue weighted by Crippen LogP contribution is 2.38. The van der Waals surface area contributed by atoms with Crippen molar-refractivity contribution < 1.29 is 9.90 Å². The molecule has 1 atom stereocenters. The van der Waals surface area contributed by atoms with Crippen molar-refractivity contribution in [1.82, 2.24) is 4.90 Å². The maximum atomic E-state index is 10.9. The number of aromatic carboxylic acids is 1. The maximum absolute atomic E-state index is 10.9. The summed E-state index contributed by atoms with van der Waals surface area (Å²) in [7, 11) is 4.21. The van der Waals surface area contributed by atoms with E-state index in [9.17, 15) is 4.79 Å². The first-order valence-electron chi connectivity index (χ1n) is 6.59. The van der Waals surface area contributed by atoms with Gasteiger partial charge in [0.25, 0.3) is 0 Å². The average Bonchev–Trinajstić information content (AvgIpc) is 2.83. The van der Waals surface area contributed by atoms with Crippen LogP contribution in [0.2, 0.25) is 0 Å². The van der Waals surface area contributed by atoms with Gasteiger partial charge >= 0.3 is 5.97 Å². The average molecular weight is 247 g/mol. The van der Waals surface area contributed by atoms with Crippen LogP contribution in [0.1, 0.15) is 47.6 Å². The fraction of sp³-hybridized carbons (Fsp3) is 0.533. The van der Waals surface area contributed by atoms with Crippen LogP contribution in [0.4, 0.5) is 0 Å². The number of carboxylic acids is 1. The third-order valence-corrected chi connectivity index (χ3v) is 3.90. The number of benzene rings is 1. The molecule has 1 N–H and O–H groups in total. The third kappa shape index (κ3) is 2.72. The first kappa shape index (κ1) is 13.1. The van der Waals surface area contributed by atoms with Gasteiger partial charge in [-0.2, -0.15) is 0 Å². The highest BCUT2D eigenvalue weighted by Gasteiger charge is 2.27. The van der Waals surface area contributed by atoms with Crippen LogP contribution >= 0.6 is 0 Å². The maximum Gasteiger partial charge on any atom is 0.335 e. The molecule has 1 aliphatic carbocycles. The molecule has 0 aromatic heterocycles. The van der Waals surface area contributed by atoms with Crippen molar-refractivity contribution in [3.8, 4) is 0 Å². The Morgan fingerprint density at radius 3 is 2.22 bits per heavy atom. The molecule has 2 rings (SSSR count). The molecule has 0 aliphatic heterocycles. The zero-order valence-corrected chi connectivity index (χ0v) is 11.1. The van der Waals surface area contributed by atoms with Crippen molar-refractivity contribution in [2.24, 2.45) is 5.92 Å². The van der Waals surface area contributed by atoms with E-state index in [-0.39, 0.29) is 0 Å².